The van der Waals surface area contributed by atoms with Crippen molar-refractivity contribution in [3.05, 3.63) is 40.4 Å². The van der Waals surface area contributed by atoms with E-state index in [4.69, 9.17) is 9.47 Å². The maximum atomic E-state index is 12.4. The number of carbonyl (C=O) groups is 2. The second-order valence-corrected chi connectivity index (χ2v) is 8.59. The Morgan fingerprint density at radius 2 is 1.96 bits per heavy atom. The number of rotatable bonds is 4. The molecule has 2 aliphatic heterocycles. The highest BCUT2D eigenvalue weighted by molar-refractivity contribution is 8.28. The third-order valence-electron chi connectivity index (χ3n) is 4.25. The molecule has 0 saturated carbocycles. The number of anilines is 1. The zero-order valence-electron chi connectivity index (χ0n) is 15.8. The molecule has 1 aromatic rings. The Morgan fingerprint density at radius 1 is 1.22 bits per heavy atom. The molecule has 0 saturated heterocycles. The van der Waals surface area contributed by atoms with Gasteiger partial charge in [-0.2, -0.15) is 5.10 Å². The van der Waals surface area contributed by atoms with E-state index in [-0.39, 0.29) is 11.7 Å². The van der Waals surface area contributed by atoms with Crippen LogP contribution in [0.25, 0.3) is 0 Å². The Balaban J connectivity index is 2.06. The Morgan fingerprint density at radius 3 is 2.59 bits per heavy atom. The predicted octanol–water partition coefficient (Wildman–Crippen LogP) is 3.12. The summed E-state index contributed by atoms with van der Waals surface area (Å²) in [5.41, 5.74) is 2.65. The van der Waals surface area contributed by atoms with Crippen LogP contribution < -0.4 is 5.01 Å². The zero-order valence-corrected chi connectivity index (χ0v) is 17.4. The maximum Gasteiger partial charge on any atom is 0.365 e. The van der Waals surface area contributed by atoms with Crippen molar-refractivity contribution in [2.24, 2.45) is 5.10 Å². The number of aryl methyl sites for hydroxylation is 1. The lowest BCUT2D eigenvalue weighted by Crippen LogP contribution is -2.47. The maximum absolute atomic E-state index is 12.4. The molecule has 0 bridgehead atoms. The summed E-state index contributed by atoms with van der Waals surface area (Å²) < 4.78 is 9.23. The van der Waals surface area contributed by atoms with Gasteiger partial charge in [-0.3, -0.25) is 0 Å². The fourth-order valence-corrected chi connectivity index (χ4v) is 5.70. The first-order chi connectivity index (χ1) is 12.8. The lowest BCUT2D eigenvalue weighted by molar-refractivity contribution is -0.135. The van der Waals surface area contributed by atoms with Gasteiger partial charge in [0.1, 0.15) is 4.91 Å². The van der Waals surface area contributed by atoms with Crippen LogP contribution in [0.5, 0.6) is 0 Å². The number of methoxy groups -OCH3 is 1. The molecule has 1 spiro atoms. The van der Waals surface area contributed by atoms with Crippen LogP contribution in [0.3, 0.4) is 0 Å². The minimum atomic E-state index is -0.844. The van der Waals surface area contributed by atoms with E-state index in [1.54, 1.807) is 11.9 Å². The van der Waals surface area contributed by atoms with Crippen molar-refractivity contribution in [1.29, 1.82) is 0 Å². The molecule has 7 nitrogen and oxygen atoms in total. The average molecular weight is 408 g/mol. The smallest absolute Gasteiger partial charge is 0.365 e. The first kappa shape index (κ1) is 19.6. The second kappa shape index (κ2) is 7.47. The highest BCUT2D eigenvalue weighted by atomic mass is 32.2. The standard InChI is InChI=1S/C18H21N3O4S2/c1-6-25-17(23)15-19-21(13-9-7-8-11(2)10-13)18(27-15)20(4)12(3)14(26-18)16(22)24-5/h7-10H,6H2,1-5H3/t18-/m0/s1. The van der Waals surface area contributed by atoms with E-state index in [1.165, 1.54) is 30.6 Å². The number of hydrazone groups is 1. The van der Waals surface area contributed by atoms with Crippen LogP contribution in [0.4, 0.5) is 5.69 Å². The van der Waals surface area contributed by atoms with E-state index in [1.807, 2.05) is 50.1 Å². The summed E-state index contributed by atoms with van der Waals surface area (Å²) in [6.07, 6.45) is 0. The van der Waals surface area contributed by atoms with Crippen molar-refractivity contribution in [3.63, 3.8) is 0 Å². The van der Waals surface area contributed by atoms with Crippen LogP contribution >= 0.6 is 23.5 Å². The number of hydrogen-bond acceptors (Lipinski definition) is 9. The van der Waals surface area contributed by atoms with Gasteiger partial charge >= 0.3 is 11.9 Å². The molecule has 0 amide bonds. The molecule has 0 fully saturated rings. The summed E-state index contributed by atoms with van der Waals surface area (Å²) in [6, 6.07) is 7.83. The van der Waals surface area contributed by atoms with E-state index >= 15 is 0 Å². The van der Waals surface area contributed by atoms with Gasteiger partial charge in [-0.25, -0.2) is 14.6 Å². The van der Waals surface area contributed by atoms with Crippen LogP contribution in [0.2, 0.25) is 0 Å². The topological polar surface area (TPSA) is 71.4 Å². The molecule has 1 aromatic carbocycles. The van der Waals surface area contributed by atoms with Crippen molar-refractivity contribution < 1.29 is 19.1 Å². The van der Waals surface area contributed by atoms with Gasteiger partial charge in [0.2, 0.25) is 9.37 Å². The summed E-state index contributed by atoms with van der Waals surface area (Å²) in [5.74, 6) is -0.884. The number of hydrogen-bond donors (Lipinski definition) is 0. The van der Waals surface area contributed by atoms with Gasteiger partial charge in [0.05, 0.1) is 19.4 Å². The predicted molar refractivity (Wildman–Crippen MR) is 108 cm³/mol. The molecule has 0 aromatic heterocycles. The highest BCUT2D eigenvalue weighted by Crippen LogP contribution is 2.58. The van der Waals surface area contributed by atoms with Crippen LogP contribution in [0.15, 0.2) is 40.0 Å². The van der Waals surface area contributed by atoms with Crippen LogP contribution in [-0.2, 0) is 19.1 Å². The van der Waals surface area contributed by atoms with Gasteiger partial charge in [-0.05, 0) is 50.2 Å². The fraction of sp³-hybridized carbons (Fsp3) is 0.389. The third kappa shape index (κ3) is 3.29. The molecule has 3 rings (SSSR count). The van der Waals surface area contributed by atoms with Gasteiger partial charge in [-0.1, -0.05) is 23.9 Å². The number of nitrogens with zero attached hydrogens (tertiary/aromatic N) is 3. The van der Waals surface area contributed by atoms with E-state index in [0.717, 1.165) is 16.9 Å². The van der Waals surface area contributed by atoms with E-state index in [9.17, 15) is 9.59 Å². The summed E-state index contributed by atoms with van der Waals surface area (Å²) in [6.45, 7) is 5.86. The highest BCUT2D eigenvalue weighted by Gasteiger charge is 2.56. The van der Waals surface area contributed by atoms with Crippen molar-refractivity contribution in [2.45, 2.75) is 25.1 Å². The van der Waals surface area contributed by atoms with E-state index in [0.29, 0.717) is 4.91 Å². The minimum Gasteiger partial charge on any atom is -0.465 e. The number of benzene rings is 1. The van der Waals surface area contributed by atoms with Gasteiger partial charge in [-0.15, -0.1) is 0 Å². The Kier molecular flexibility index (Phi) is 5.43. The molecule has 0 unspecified atom stereocenters. The average Bonchev–Trinajstić information content (AvgIpc) is 3.16. The number of allylic oxidation sites excluding steroid dienone is 1. The lowest BCUT2D eigenvalue weighted by atomic mass is 10.2. The van der Waals surface area contributed by atoms with Crippen molar-refractivity contribution in [1.82, 2.24) is 4.90 Å². The molecule has 0 aliphatic carbocycles. The van der Waals surface area contributed by atoms with Gasteiger partial charge in [0.25, 0.3) is 0 Å². The number of esters is 2. The molecular weight excluding hydrogens is 386 g/mol. The van der Waals surface area contributed by atoms with E-state index in [2.05, 4.69) is 5.10 Å². The monoisotopic (exact) mass is 407 g/mol. The minimum absolute atomic E-state index is 0.247. The van der Waals surface area contributed by atoms with Crippen LogP contribution in [-0.4, -0.2) is 47.0 Å². The largest absolute Gasteiger partial charge is 0.465 e. The lowest BCUT2D eigenvalue weighted by Gasteiger charge is -2.39. The Labute approximate surface area is 166 Å². The van der Waals surface area contributed by atoms with Crippen molar-refractivity contribution >= 4 is 46.2 Å². The molecule has 2 heterocycles. The molecule has 2 aliphatic rings. The molecule has 27 heavy (non-hydrogen) atoms. The zero-order chi connectivity index (χ0) is 19.8. The first-order valence-corrected chi connectivity index (χ1v) is 10.0. The summed E-state index contributed by atoms with van der Waals surface area (Å²) in [4.78, 5) is 27.0. The molecule has 1 atom stereocenters. The first-order valence-electron chi connectivity index (χ1n) is 8.37. The molecule has 0 N–H and O–H groups in total. The number of carbonyl (C=O) groups excluding carboxylic acids is 2. The molecule has 144 valence electrons. The summed E-state index contributed by atoms with van der Waals surface area (Å²) >= 11 is 2.58. The summed E-state index contributed by atoms with van der Waals surface area (Å²) in [7, 11) is 3.23. The van der Waals surface area contributed by atoms with Gasteiger partial charge < -0.3 is 14.4 Å². The summed E-state index contributed by atoms with van der Waals surface area (Å²) in [5, 5.41) is 6.57. The normalized spacial score (nSPS) is 21.7. The fourth-order valence-electron chi connectivity index (χ4n) is 2.80. The Bertz CT molecular complexity index is 855. The molecule has 9 heteroatoms. The van der Waals surface area contributed by atoms with Crippen LogP contribution in [0, 0.1) is 6.92 Å². The van der Waals surface area contributed by atoms with Gasteiger partial charge in [0.15, 0.2) is 0 Å². The molecule has 0 radical (unpaired) electrons. The SMILES string of the molecule is CCOC(=O)C1=NN(c2cccc(C)c2)[C@]2(S1)SC(C(=O)OC)=C(C)N2C. The van der Waals surface area contributed by atoms with Gasteiger partial charge in [0, 0.05) is 12.7 Å². The molecular formula is C18H21N3O4S2. The third-order valence-corrected chi connectivity index (χ3v) is 7.28. The number of thioether (sulfide) groups is 2. The number of ether oxygens (including phenoxy) is 2. The second-order valence-electron chi connectivity index (χ2n) is 5.99. The van der Waals surface area contributed by atoms with E-state index < -0.39 is 16.3 Å². The quantitative estimate of drug-likeness (QED) is 0.705. The van der Waals surface area contributed by atoms with Crippen molar-refractivity contribution in [2.75, 3.05) is 25.8 Å². The Hall–Kier alpha value is -2.13. The van der Waals surface area contributed by atoms with Crippen molar-refractivity contribution in [3.8, 4) is 0 Å². The van der Waals surface area contributed by atoms with Crippen LogP contribution in [0.1, 0.15) is 19.4 Å².